The van der Waals surface area contributed by atoms with E-state index in [-0.39, 0.29) is 24.2 Å². The molecule has 0 unspecified atom stereocenters. The number of fused-ring (bicyclic) bond motifs is 1. The standard InChI is InChI=1S/C16H18F2N2O2/c1-9-6-13-15(21)20(3)10(2)19-16(13,8-22-9)12-5-4-11(17)7-14(12)18/h4-5,7,9,13,19H,2,6,8H2,1,3H3/t9-,13-,16+/m0/s1. The van der Waals surface area contributed by atoms with E-state index in [0.29, 0.717) is 12.2 Å². The Labute approximate surface area is 127 Å². The highest BCUT2D eigenvalue weighted by Gasteiger charge is 2.54. The monoisotopic (exact) mass is 308 g/mol. The van der Waals surface area contributed by atoms with Crippen LogP contribution in [-0.2, 0) is 15.1 Å². The Morgan fingerprint density at radius 3 is 2.86 bits per heavy atom. The fourth-order valence-electron chi connectivity index (χ4n) is 3.30. The van der Waals surface area contributed by atoms with E-state index in [1.54, 1.807) is 7.05 Å². The van der Waals surface area contributed by atoms with Crippen molar-refractivity contribution in [2.75, 3.05) is 13.7 Å². The summed E-state index contributed by atoms with van der Waals surface area (Å²) in [4.78, 5) is 14.1. The van der Waals surface area contributed by atoms with Crippen molar-refractivity contribution < 1.29 is 18.3 Å². The van der Waals surface area contributed by atoms with Gasteiger partial charge in [-0.15, -0.1) is 0 Å². The van der Waals surface area contributed by atoms with Gasteiger partial charge in [0.2, 0.25) is 5.91 Å². The molecule has 0 aliphatic carbocycles. The molecule has 2 aliphatic heterocycles. The Bertz CT molecular complexity index is 649. The van der Waals surface area contributed by atoms with Gasteiger partial charge in [-0.2, -0.15) is 0 Å². The lowest BCUT2D eigenvalue weighted by molar-refractivity contribution is -0.153. The van der Waals surface area contributed by atoms with Gasteiger partial charge in [0, 0.05) is 18.7 Å². The maximum Gasteiger partial charge on any atom is 0.233 e. The molecule has 1 N–H and O–H groups in total. The Hall–Kier alpha value is -1.95. The lowest BCUT2D eigenvalue weighted by atomic mass is 9.72. The highest BCUT2D eigenvalue weighted by Crippen LogP contribution is 2.43. The number of nitrogens with zero attached hydrogens (tertiary/aromatic N) is 1. The molecule has 2 fully saturated rings. The molecule has 3 atom stereocenters. The number of rotatable bonds is 1. The molecule has 0 saturated carbocycles. The van der Waals surface area contributed by atoms with Crippen molar-refractivity contribution in [3.63, 3.8) is 0 Å². The summed E-state index contributed by atoms with van der Waals surface area (Å²) in [5, 5.41) is 3.13. The van der Waals surface area contributed by atoms with E-state index in [1.165, 1.54) is 17.0 Å². The first-order valence-electron chi connectivity index (χ1n) is 7.17. The summed E-state index contributed by atoms with van der Waals surface area (Å²) in [6.07, 6.45) is 0.354. The van der Waals surface area contributed by atoms with Crippen LogP contribution in [0.25, 0.3) is 0 Å². The van der Waals surface area contributed by atoms with Gasteiger partial charge in [-0.05, 0) is 19.4 Å². The van der Waals surface area contributed by atoms with Gasteiger partial charge >= 0.3 is 0 Å². The number of hydrogen-bond donors (Lipinski definition) is 1. The van der Waals surface area contributed by atoms with E-state index in [1.807, 2.05) is 6.92 Å². The van der Waals surface area contributed by atoms with Crippen LogP contribution in [0.3, 0.4) is 0 Å². The third kappa shape index (κ3) is 2.09. The summed E-state index contributed by atoms with van der Waals surface area (Å²) >= 11 is 0. The summed E-state index contributed by atoms with van der Waals surface area (Å²) in [6, 6.07) is 3.39. The maximum atomic E-state index is 14.4. The predicted molar refractivity (Wildman–Crippen MR) is 76.6 cm³/mol. The van der Waals surface area contributed by atoms with Crippen molar-refractivity contribution >= 4 is 5.91 Å². The number of carbonyl (C=O) groups is 1. The zero-order valence-corrected chi connectivity index (χ0v) is 12.5. The quantitative estimate of drug-likeness (QED) is 0.864. The zero-order valence-electron chi connectivity index (χ0n) is 12.5. The smallest absolute Gasteiger partial charge is 0.233 e. The average molecular weight is 308 g/mol. The summed E-state index contributed by atoms with van der Waals surface area (Å²) in [6.45, 7) is 5.82. The van der Waals surface area contributed by atoms with Gasteiger partial charge in [-0.3, -0.25) is 4.79 Å². The van der Waals surface area contributed by atoms with Crippen LogP contribution in [0.2, 0.25) is 0 Å². The highest BCUT2D eigenvalue weighted by molar-refractivity contribution is 5.83. The van der Waals surface area contributed by atoms with Crippen LogP contribution in [0.1, 0.15) is 18.9 Å². The SMILES string of the molecule is C=C1N[C@@]2(c3ccc(F)cc3F)CO[C@@H](C)C[C@H]2C(=O)N1C. The van der Waals surface area contributed by atoms with E-state index in [0.717, 1.165) is 6.07 Å². The normalized spacial score (nSPS) is 31.7. The van der Waals surface area contributed by atoms with Crippen molar-refractivity contribution in [3.8, 4) is 0 Å². The Kier molecular flexibility index (Phi) is 3.44. The molecular formula is C16H18F2N2O2. The van der Waals surface area contributed by atoms with E-state index >= 15 is 0 Å². The van der Waals surface area contributed by atoms with Gasteiger partial charge in [0.1, 0.15) is 23.0 Å². The number of hydrogen-bond acceptors (Lipinski definition) is 3. The second kappa shape index (κ2) is 5.05. The average Bonchev–Trinajstić information content (AvgIpc) is 2.46. The molecule has 0 bridgehead atoms. The number of amides is 1. The van der Waals surface area contributed by atoms with Gasteiger partial charge in [0.25, 0.3) is 0 Å². The first kappa shape index (κ1) is 15.0. The van der Waals surface area contributed by atoms with Crippen LogP contribution >= 0.6 is 0 Å². The fraction of sp³-hybridized carbons (Fsp3) is 0.438. The van der Waals surface area contributed by atoms with Gasteiger partial charge < -0.3 is 15.0 Å². The topological polar surface area (TPSA) is 41.6 Å². The number of ether oxygens (including phenoxy) is 1. The molecule has 6 heteroatoms. The lowest BCUT2D eigenvalue weighted by Gasteiger charge is -2.51. The van der Waals surface area contributed by atoms with E-state index in [2.05, 4.69) is 11.9 Å². The van der Waals surface area contributed by atoms with Crippen molar-refractivity contribution in [2.45, 2.75) is 25.0 Å². The second-order valence-electron chi connectivity index (χ2n) is 5.97. The molecule has 1 aromatic rings. The molecule has 22 heavy (non-hydrogen) atoms. The van der Waals surface area contributed by atoms with Crippen molar-refractivity contribution in [1.29, 1.82) is 0 Å². The van der Waals surface area contributed by atoms with Gasteiger partial charge in [0.05, 0.1) is 18.6 Å². The molecule has 4 nitrogen and oxygen atoms in total. The molecule has 118 valence electrons. The number of halogens is 2. The largest absolute Gasteiger partial charge is 0.376 e. The fourth-order valence-corrected chi connectivity index (χ4v) is 3.30. The Morgan fingerprint density at radius 1 is 1.45 bits per heavy atom. The minimum atomic E-state index is -1.05. The van der Waals surface area contributed by atoms with Crippen LogP contribution in [-0.4, -0.2) is 30.6 Å². The Morgan fingerprint density at radius 2 is 2.18 bits per heavy atom. The maximum absolute atomic E-state index is 14.4. The number of benzene rings is 1. The van der Waals surface area contributed by atoms with Gasteiger partial charge in [-0.25, -0.2) is 8.78 Å². The molecule has 0 spiro atoms. The predicted octanol–water partition coefficient (Wildman–Crippen LogP) is 2.12. The van der Waals surface area contributed by atoms with Crippen molar-refractivity contribution in [3.05, 3.63) is 47.8 Å². The van der Waals surface area contributed by atoms with Crippen LogP contribution in [0, 0.1) is 17.6 Å². The van der Waals surface area contributed by atoms with Crippen molar-refractivity contribution in [1.82, 2.24) is 10.2 Å². The van der Waals surface area contributed by atoms with Crippen LogP contribution in [0.15, 0.2) is 30.6 Å². The molecule has 1 amide bonds. The Balaban J connectivity index is 2.14. The molecular weight excluding hydrogens is 290 g/mol. The van der Waals surface area contributed by atoms with Crippen LogP contribution in [0.5, 0.6) is 0 Å². The highest BCUT2D eigenvalue weighted by atomic mass is 19.1. The van der Waals surface area contributed by atoms with Crippen LogP contribution < -0.4 is 5.32 Å². The number of carbonyl (C=O) groups excluding carboxylic acids is 1. The zero-order chi connectivity index (χ0) is 16.1. The summed E-state index contributed by atoms with van der Waals surface area (Å²) in [7, 11) is 1.63. The third-order valence-electron chi connectivity index (χ3n) is 4.57. The summed E-state index contributed by atoms with van der Waals surface area (Å²) < 4.78 is 33.3. The lowest BCUT2D eigenvalue weighted by Crippen LogP contribution is -2.65. The van der Waals surface area contributed by atoms with E-state index in [4.69, 9.17) is 4.74 Å². The summed E-state index contributed by atoms with van der Waals surface area (Å²) in [5.74, 6) is -1.60. The summed E-state index contributed by atoms with van der Waals surface area (Å²) in [5.41, 5.74) is -0.821. The minimum absolute atomic E-state index is 0.104. The first-order chi connectivity index (χ1) is 10.3. The number of nitrogens with one attached hydrogen (secondary N) is 1. The molecule has 2 saturated heterocycles. The minimum Gasteiger partial charge on any atom is -0.376 e. The van der Waals surface area contributed by atoms with Gasteiger partial charge in [0.15, 0.2) is 0 Å². The van der Waals surface area contributed by atoms with E-state index < -0.39 is 23.1 Å². The molecule has 3 rings (SSSR count). The molecule has 2 aliphatic rings. The molecule has 0 aromatic heterocycles. The van der Waals surface area contributed by atoms with Gasteiger partial charge in [-0.1, -0.05) is 12.6 Å². The van der Waals surface area contributed by atoms with E-state index in [9.17, 15) is 13.6 Å². The molecule has 1 aromatic carbocycles. The van der Waals surface area contributed by atoms with Crippen LogP contribution in [0.4, 0.5) is 8.78 Å². The second-order valence-corrected chi connectivity index (χ2v) is 5.97. The third-order valence-corrected chi connectivity index (χ3v) is 4.57. The first-order valence-corrected chi connectivity index (χ1v) is 7.17. The molecule has 0 radical (unpaired) electrons. The van der Waals surface area contributed by atoms with Crippen molar-refractivity contribution in [2.24, 2.45) is 5.92 Å². The molecule has 2 heterocycles.